The third kappa shape index (κ3) is 4.97. The van der Waals surface area contributed by atoms with E-state index in [1.807, 2.05) is 56.3 Å². The zero-order chi connectivity index (χ0) is 31.8. The van der Waals surface area contributed by atoms with Crippen molar-refractivity contribution in [1.29, 1.82) is 0 Å². The van der Waals surface area contributed by atoms with Crippen LogP contribution in [0.1, 0.15) is 37.3 Å². The van der Waals surface area contributed by atoms with Gasteiger partial charge in [0.15, 0.2) is 0 Å². The number of hydrogen-bond acceptors (Lipinski definition) is 5. The fourth-order valence-electron chi connectivity index (χ4n) is 7.90. The number of para-hydroxylation sites is 1. The molecule has 2 aromatic rings. The first-order chi connectivity index (χ1) is 21.1. The predicted molar refractivity (Wildman–Crippen MR) is 171 cm³/mol. The molecule has 3 heterocycles. The molecule has 1 spiro atoms. The van der Waals surface area contributed by atoms with Crippen molar-refractivity contribution in [2.45, 2.75) is 62.8 Å². The average molecular weight is 620 g/mol. The highest BCUT2D eigenvalue weighted by molar-refractivity contribution is 6.34. The van der Waals surface area contributed by atoms with Crippen LogP contribution in [0.15, 0.2) is 73.8 Å². The van der Waals surface area contributed by atoms with Gasteiger partial charge < -0.3 is 24.5 Å². The number of benzene rings is 2. The number of amides is 3. The minimum absolute atomic E-state index is 0.147. The van der Waals surface area contributed by atoms with Crippen LogP contribution in [0.25, 0.3) is 0 Å². The first-order valence-corrected chi connectivity index (χ1v) is 15.7. The number of likely N-dealkylation sites (N-methyl/N-ethyl adjacent to an activating group) is 1. The second kappa shape index (κ2) is 12.5. The predicted octanol–water partition coefficient (Wildman–Crippen LogP) is 4.57. The van der Waals surface area contributed by atoms with E-state index in [-0.39, 0.29) is 30.9 Å². The Kier molecular flexibility index (Phi) is 9.08. The van der Waals surface area contributed by atoms with E-state index >= 15 is 4.79 Å². The Labute approximate surface area is 264 Å². The zero-order valence-electron chi connectivity index (χ0n) is 25.7. The summed E-state index contributed by atoms with van der Waals surface area (Å²) in [5.41, 5.74) is 0.110. The van der Waals surface area contributed by atoms with Gasteiger partial charge in [0, 0.05) is 20.1 Å². The molecule has 3 amide bonds. The van der Waals surface area contributed by atoms with E-state index in [0.717, 1.165) is 11.1 Å². The molecule has 234 valence electrons. The highest BCUT2D eigenvalue weighted by Crippen LogP contribution is 2.65. The molecular formula is C35H42ClN3O5. The topological polar surface area (TPSA) is 90.4 Å². The third-order valence-electron chi connectivity index (χ3n) is 9.85. The van der Waals surface area contributed by atoms with E-state index < -0.39 is 35.1 Å². The third-order valence-corrected chi connectivity index (χ3v) is 10.2. The van der Waals surface area contributed by atoms with Crippen LogP contribution in [-0.2, 0) is 25.5 Å². The molecule has 5 rings (SSSR count). The van der Waals surface area contributed by atoms with E-state index in [2.05, 4.69) is 13.2 Å². The first-order valence-electron chi connectivity index (χ1n) is 15.3. The van der Waals surface area contributed by atoms with Crippen molar-refractivity contribution in [2.75, 3.05) is 31.6 Å². The zero-order valence-corrected chi connectivity index (χ0v) is 26.5. The number of aliphatic hydroxyl groups excluding tert-OH is 1. The van der Waals surface area contributed by atoms with Crippen molar-refractivity contribution in [3.63, 3.8) is 0 Å². The highest BCUT2D eigenvalue weighted by Gasteiger charge is 2.79. The molecule has 2 unspecified atom stereocenters. The SMILES string of the molecule is C=CCN(C)C(=O)[C@@H]1[C@H]2C(=O)N([C@@H](CO)Cc3ccccc3)C(C(=O)N(CC=C)c3c(C)cccc3Cl)C23CC[C@@]1(CC)O3. The first kappa shape index (κ1) is 31.9. The van der Waals surface area contributed by atoms with Crippen LogP contribution in [0.3, 0.4) is 0 Å². The van der Waals surface area contributed by atoms with Crippen LogP contribution < -0.4 is 4.90 Å². The maximum atomic E-state index is 15.1. The van der Waals surface area contributed by atoms with Gasteiger partial charge in [-0.05, 0) is 49.8 Å². The smallest absolute Gasteiger partial charge is 0.253 e. The highest BCUT2D eigenvalue weighted by atomic mass is 35.5. The summed E-state index contributed by atoms with van der Waals surface area (Å²) >= 11 is 6.70. The minimum Gasteiger partial charge on any atom is -0.394 e. The largest absolute Gasteiger partial charge is 0.394 e. The standard InChI is InChI=1S/C35H42ClN3O5/c1-6-19-37(5)31(41)27-28-32(42)39(25(22-40)21-24-14-10-9-11-15-24)30(35(28)18-17-34(27,8-3)44-35)33(43)38(20-7-2)29-23(4)13-12-16-26(29)36/h6-7,9-16,25,27-28,30,40H,1-2,8,17-22H2,3-5H3/t25-,27+,28+,30?,34-,35?/m1/s1. The van der Waals surface area contributed by atoms with E-state index in [4.69, 9.17) is 16.3 Å². The number of hydrogen-bond donors (Lipinski definition) is 1. The lowest BCUT2D eigenvalue weighted by Crippen LogP contribution is -2.59. The average Bonchev–Trinajstić information content (AvgIpc) is 3.63. The van der Waals surface area contributed by atoms with Gasteiger partial charge in [-0.3, -0.25) is 14.4 Å². The monoisotopic (exact) mass is 619 g/mol. The number of aliphatic hydroxyl groups is 1. The summed E-state index contributed by atoms with van der Waals surface area (Å²) in [5, 5.41) is 11.2. The number of likely N-dealkylation sites (tertiary alicyclic amines) is 1. The summed E-state index contributed by atoms with van der Waals surface area (Å²) < 4.78 is 6.96. The molecule has 2 aromatic carbocycles. The van der Waals surface area contributed by atoms with Gasteiger partial charge in [-0.25, -0.2) is 0 Å². The van der Waals surface area contributed by atoms with Crippen LogP contribution in [0.4, 0.5) is 5.69 Å². The number of aryl methyl sites for hydroxylation is 1. The van der Waals surface area contributed by atoms with Gasteiger partial charge in [-0.1, -0.05) is 73.1 Å². The summed E-state index contributed by atoms with van der Waals surface area (Å²) in [6.45, 7) is 11.6. The molecule has 0 aromatic heterocycles. The second-order valence-corrected chi connectivity index (χ2v) is 12.7. The lowest BCUT2D eigenvalue weighted by Gasteiger charge is -2.40. The number of nitrogens with zero attached hydrogens (tertiary/aromatic N) is 3. The van der Waals surface area contributed by atoms with Crippen molar-refractivity contribution >= 4 is 35.0 Å². The van der Waals surface area contributed by atoms with Crippen molar-refractivity contribution in [3.8, 4) is 0 Å². The van der Waals surface area contributed by atoms with Crippen LogP contribution >= 0.6 is 11.6 Å². The normalized spacial score (nSPS) is 27.6. The molecule has 2 bridgehead atoms. The summed E-state index contributed by atoms with van der Waals surface area (Å²) in [6.07, 6.45) is 5.10. The molecule has 3 aliphatic rings. The number of rotatable bonds is 12. The van der Waals surface area contributed by atoms with Gasteiger partial charge in [0.25, 0.3) is 5.91 Å². The van der Waals surface area contributed by atoms with Gasteiger partial charge in [0.2, 0.25) is 11.8 Å². The number of fused-ring (bicyclic) bond motifs is 1. The maximum Gasteiger partial charge on any atom is 0.253 e. The Morgan fingerprint density at radius 3 is 2.43 bits per heavy atom. The van der Waals surface area contributed by atoms with Crippen molar-refractivity contribution < 1.29 is 24.2 Å². The Morgan fingerprint density at radius 1 is 1.11 bits per heavy atom. The van der Waals surface area contributed by atoms with Gasteiger partial charge in [0.05, 0.1) is 40.8 Å². The van der Waals surface area contributed by atoms with E-state index in [1.165, 1.54) is 4.90 Å². The molecule has 0 radical (unpaired) electrons. The van der Waals surface area contributed by atoms with E-state index in [0.29, 0.717) is 42.9 Å². The molecule has 44 heavy (non-hydrogen) atoms. The van der Waals surface area contributed by atoms with Gasteiger partial charge in [-0.2, -0.15) is 0 Å². The van der Waals surface area contributed by atoms with E-state index in [9.17, 15) is 14.7 Å². The summed E-state index contributed by atoms with van der Waals surface area (Å²) in [5.74, 6) is -2.57. The number of carbonyl (C=O) groups is 3. The summed E-state index contributed by atoms with van der Waals surface area (Å²) in [7, 11) is 1.70. The molecular weight excluding hydrogens is 578 g/mol. The molecule has 0 aliphatic carbocycles. The summed E-state index contributed by atoms with van der Waals surface area (Å²) in [4.78, 5) is 48.6. The second-order valence-electron chi connectivity index (χ2n) is 12.3. The molecule has 8 nitrogen and oxygen atoms in total. The van der Waals surface area contributed by atoms with E-state index in [1.54, 1.807) is 35.1 Å². The molecule has 6 atom stereocenters. The van der Waals surface area contributed by atoms with Crippen molar-refractivity contribution in [1.82, 2.24) is 9.80 Å². The molecule has 9 heteroatoms. The number of anilines is 1. The van der Waals surface area contributed by atoms with Crippen LogP contribution in [-0.4, -0.2) is 82.7 Å². The van der Waals surface area contributed by atoms with Gasteiger partial charge in [0.1, 0.15) is 11.6 Å². The lowest BCUT2D eigenvalue weighted by atomic mass is 9.64. The quantitative estimate of drug-likeness (QED) is 0.352. The van der Waals surface area contributed by atoms with Crippen LogP contribution in [0.2, 0.25) is 5.02 Å². The van der Waals surface area contributed by atoms with Crippen LogP contribution in [0.5, 0.6) is 0 Å². The molecule has 1 N–H and O–H groups in total. The molecule has 3 fully saturated rings. The Hall–Kier alpha value is -3.46. The fraction of sp³-hybridized carbons (Fsp3) is 0.457. The minimum atomic E-state index is -1.25. The molecule has 3 aliphatic heterocycles. The van der Waals surface area contributed by atoms with Crippen LogP contribution in [0, 0.1) is 18.8 Å². The Morgan fingerprint density at radius 2 is 1.82 bits per heavy atom. The number of halogens is 1. The molecule has 3 saturated heterocycles. The van der Waals surface area contributed by atoms with Gasteiger partial charge in [-0.15, -0.1) is 13.2 Å². The maximum absolute atomic E-state index is 15.1. The molecule has 0 saturated carbocycles. The Bertz CT molecular complexity index is 1430. The number of ether oxygens (including phenoxy) is 1. The summed E-state index contributed by atoms with van der Waals surface area (Å²) in [6, 6.07) is 13.2. The fourth-order valence-corrected chi connectivity index (χ4v) is 8.22. The number of carbonyl (C=O) groups excluding carboxylic acids is 3. The van der Waals surface area contributed by atoms with Crippen molar-refractivity contribution in [2.24, 2.45) is 11.8 Å². The van der Waals surface area contributed by atoms with Crippen molar-refractivity contribution in [3.05, 3.63) is 90.0 Å². The lowest BCUT2D eigenvalue weighted by molar-refractivity contribution is -0.153. The van der Waals surface area contributed by atoms with Gasteiger partial charge >= 0.3 is 0 Å². The Balaban J connectivity index is 1.68.